The lowest BCUT2D eigenvalue weighted by atomic mass is 9.89. The van der Waals surface area contributed by atoms with E-state index in [9.17, 15) is 19.5 Å². The van der Waals surface area contributed by atoms with Crippen LogP contribution in [0.3, 0.4) is 0 Å². The molecule has 2 aliphatic rings. The minimum absolute atomic E-state index is 0.0314. The van der Waals surface area contributed by atoms with Crippen molar-refractivity contribution in [3.05, 3.63) is 95.1 Å². The summed E-state index contributed by atoms with van der Waals surface area (Å²) in [5, 5.41) is 12.5. The Hall–Kier alpha value is -4.09. The molecule has 2 fully saturated rings. The van der Waals surface area contributed by atoms with Gasteiger partial charge >= 0.3 is 11.9 Å². The second-order valence-corrected chi connectivity index (χ2v) is 14.3. The van der Waals surface area contributed by atoms with Gasteiger partial charge in [-0.25, -0.2) is 0 Å². The first-order valence-electron chi connectivity index (χ1n) is 17.4. The van der Waals surface area contributed by atoms with Gasteiger partial charge in [-0.05, 0) is 74.9 Å². The van der Waals surface area contributed by atoms with E-state index in [1.165, 1.54) is 6.92 Å². The van der Waals surface area contributed by atoms with Crippen molar-refractivity contribution in [3.8, 4) is 11.1 Å². The molecule has 10 nitrogen and oxygen atoms in total. The molecule has 5 rings (SSSR count). The van der Waals surface area contributed by atoms with E-state index < -0.39 is 24.0 Å². The average molecular weight is 687 g/mol. The van der Waals surface area contributed by atoms with Crippen LogP contribution in [0.4, 0.5) is 0 Å². The number of benzene rings is 3. The van der Waals surface area contributed by atoms with E-state index in [0.29, 0.717) is 6.54 Å². The molecule has 0 saturated carbocycles. The fourth-order valence-corrected chi connectivity index (χ4v) is 6.65. The fraction of sp³-hybridized carbons (Fsp3) is 0.475. The number of aliphatic hydroxyl groups excluding tert-OH is 1. The number of hydrogen-bond donors (Lipinski definition) is 2. The number of nitrogens with zero attached hydrogens (tertiary/aromatic N) is 1. The molecule has 0 bridgehead atoms. The number of carbonyl (C=O) groups is 3. The van der Waals surface area contributed by atoms with Gasteiger partial charge in [0.2, 0.25) is 0 Å². The minimum Gasteiger partial charge on any atom is -0.459 e. The van der Waals surface area contributed by atoms with Crippen molar-refractivity contribution < 1.29 is 38.4 Å². The van der Waals surface area contributed by atoms with E-state index in [-0.39, 0.29) is 49.2 Å². The molecule has 1 amide bonds. The van der Waals surface area contributed by atoms with Crippen molar-refractivity contribution in [1.82, 2.24) is 10.2 Å². The van der Waals surface area contributed by atoms with Crippen LogP contribution in [0.15, 0.2) is 72.8 Å². The lowest BCUT2D eigenvalue weighted by Crippen LogP contribution is -2.48. The standard InChI is InChI=1S/C40H50N2O8/c1-25-35(23-42-21-9-12-34(42)38(46)50-40(4,5)6)48-39(49-36(25)30-15-13-28(24-43)14-16-30)31-19-17-29(18-20-31)33-11-8-7-10-32(33)22-41-37(45)26(2)47-27(3)44/h7-8,10-11,13-20,25-26,34-36,39,43H,9,12,21-24H2,1-6H3,(H,41,45). The minimum atomic E-state index is -0.883. The topological polar surface area (TPSA) is 124 Å². The Balaban J connectivity index is 1.36. The average Bonchev–Trinajstić information content (AvgIpc) is 3.56. The van der Waals surface area contributed by atoms with Crippen molar-refractivity contribution >= 4 is 17.8 Å². The quantitative estimate of drug-likeness (QED) is 0.234. The lowest BCUT2D eigenvalue weighted by Gasteiger charge is -2.43. The van der Waals surface area contributed by atoms with Crippen molar-refractivity contribution in [1.29, 1.82) is 0 Å². The van der Waals surface area contributed by atoms with Crippen LogP contribution in [0.1, 0.15) is 89.0 Å². The second kappa shape index (κ2) is 16.3. The van der Waals surface area contributed by atoms with Crippen molar-refractivity contribution in [2.24, 2.45) is 5.92 Å². The first-order valence-corrected chi connectivity index (χ1v) is 17.4. The van der Waals surface area contributed by atoms with Crippen LogP contribution >= 0.6 is 0 Å². The maximum absolute atomic E-state index is 13.2. The van der Waals surface area contributed by atoms with Crippen LogP contribution in [0.25, 0.3) is 11.1 Å². The molecule has 10 heteroatoms. The van der Waals surface area contributed by atoms with Gasteiger partial charge in [-0.1, -0.05) is 79.7 Å². The third-order valence-electron chi connectivity index (χ3n) is 9.26. The summed E-state index contributed by atoms with van der Waals surface area (Å²) in [7, 11) is 0. The van der Waals surface area contributed by atoms with Crippen LogP contribution in [-0.4, -0.2) is 64.8 Å². The Morgan fingerprint density at radius 1 is 0.980 bits per heavy atom. The Kier molecular flexibility index (Phi) is 12.1. The van der Waals surface area contributed by atoms with E-state index in [1.807, 2.05) is 93.6 Å². The van der Waals surface area contributed by atoms with Crippen molar-refractivity contribution in [3.63, 3.8) is 0 Å². The second-order valence-electron chi connectivity index (χ2n) is 14.3. The Morgan fingerprint density at radius 3 is 2.32 bits per heavy atom. The third kappa shape index (κ3) is 9.37. The number of hydrogen-bond acceptors (Lipinski definition) is 9. The van der Waals surface area contributed by atoms with E-state index in [1.54, 1.807) is 6.92 Å². The maximum Gasteiger partial charge on any atom is 0.323 e. The molecule has 6 atom stereocenters. The summed E-state index contributed by atoms with van der Waals surface area (Å²) in [6.07, 6.45) is -0.404. The van der Waals surface area contributed by atoms with Gasteiger partial charge in [0, 0.05) is 31.5 Å². The first-order chi connectivity index (χ1) is 23.8. The largest absolute Gasteiger partial charge is 0.459 e. The van der Waals surface area contributed by atoms with Crippen molar-refractivity contribution in [2.45, 2.75) is 104 Å². The molecule has 2 heterocycles. The Labute approximate surface area is 295 Å². The number of carbonyl (C=O) groups excluding carboxylic acids is 3. The van der Waals surface area contributed by atoms with Gasteiger partial charge in [0.15, 0.2) is 12.4 Å². The molecule has 268 valence electrons. The molecule has 0 radical (unpaired) electrons. The zero-order valence-electron chi connectivity index (χ0n) is 29.9. The molecule has 0 aliphatic carbocycles. The number of likely N-dealkylation sites (tertiary alicyclic amines) is 1. The van der Waals surface area contributed by atoms with Gasteiger partial charge in [0.05, 0.1) is 18.8 Å². The smallest absolute Gasteiger partial charge is 0.323 e. The first kappa shape index (κ1) is 37.2. The number of nitrogens with one attached hydrogen (secondary N) is 1. The molecule has 0 aromatic heterocycles. The molecule has 6 unspecified atom stereocenters. The monoisotopic (exact) mass is 686 g/mol. The molecule has 2 aliphatic heterocycles. The molecule has 3 aromatic carbocycles. The van der Waals surface area contributed by atoms with E-state index in [0.717, 1.165) is 52.8 Å². The van der Waals surface area contributed by atoms with Crippen LogP contribution in [0, 0.1) is 5.92 Å². The lowest BCUT2D eigenvalue weighted by molar-refractivity contribution is -0.276. The van der Waals surface area contributed by atoms with Crippen LogP contribution in [-0.2, 0) is 46.5 Å². The number of amides is 1. The Bertz CT molecular complexity index is 1620. The summed E-state index contributed by atoms with van der Waals surface area (Å²) in [6.45, 7) is 12.2. The van der Waals surface area contributed by atoms with Gasteiger partial charge in [0.25, 0.3) is 5.91 Å². The fourth-order valence-electron chi connectivity index (χ4n) is 6.65. The highest BCUT2D eigenvalue weighted by molar-refractivity contribution is 5.83. The third-order valence-corrected chi connectivity index (χ3v) is 9.26. The zero-order chi connectivity index (χ0) is 36.0. The molecule has 0 spiro atoms. The summed E-state index contributed by atoms with van der Waals surface area (Å²) in [5.41, 5.74) is 4.95. The number of ether oxygens (including phenoxy) is 4. The SMILES string of the molecule is CC(=O)OC(C)C(=O)NCc1ccccc1-c1ccc(C2OC(CN3CCCC3C(=O)OC(C)(C)C)C(C)C(c3ccc(CO)cc3)O2)cc1. The Morgan fingerprint density at radius 2 is 1.66 bits per heavy atom. The van der Waals surface area contributed by atoms with Crippen LogP contribution in [0.5, 0.6) is 0 Å². The highest BCUT2D eigenvalue weighted by Crippen LogP contribution is 2.43. The molecule has 3 aromatic rings. The normalized spacial score (nSPS) is 23.2. The van der Waals surface area contributed by atoms with Gasteiger partial charge in [-0.15, -0.1) is 0 Å². The molecular formula is C40H50N2O8. The summed E-state index contributed by atoms with van der Waals surface area (Å²) in [4.78, 5) is 39.1. The van der Waals surface area contributed by atoms with Gasteiger partial charge in [0.1, 0.15) is 11.6 Å². The molecule has 2 saturated heterocycles. The molecule has 2 N–H and O–H groups in total. The van der Waals surface area contributed by atoms with Gasteiger partial charge in [-0.2, -0.15) is 0 Å². The summed E-state index contributed by atoms with van der Waals surface area (Å²) < 4.78 is 24.2. The predicted octanol–water partition coefficient (Wildman–Crippen LogP) is 6.01. The van der Waals surface area contributed by atoms with Crippen molar-refractivity contribution in [2.75, 3.05) is 13.1 Å². The summed E-state index contributed by atoms with van der Waals surface area (Å²) >= 11 is 0. The van der Waals surface area contributed by atoms with Crippen LogP contribution in [0.2, 0.25) is 0 Å². The predicted molar refractivity (Wildman–Crippen MR) is 188 cm³/mol. The highest BCUT2D eigenvalue weighted by atomic mass is 16.7. The maximum atomic E-state index is 13.2. The van der Waals surface area contributed by atoms with Gasteiger partial charge in [-0.3, -0.25) is 19.3 Å². The van der Waals surface area contributed by atoms with E-state index >= 15 is 0 Å². The summed E-state index contributed by atoms with van der Waals surface area (Å²) in [6, 6.07) is 23.3. The molecular weight excluding hydrogens is 636 g/mol. The number of aliphatic hydroxyl groups is 1. The van der Waals surface area contributed by atoms with Gasteiger partial charge < -0.3 is 29.4 Å². The van der Waals surface area contributed by atoms with Crippen LogP contribution < -0.4 is 5.32 Å². The van der Waals surface area contributed by atoms with E-state index in [4.69, 9.17) is 18.9 Å². The highest BCUT2D eigenvalue weighted by Gasteiger charge is 2.42. The number of rotatable bonds is 11. The van der Waals surface area contributed by atoms with E-state index in [2.05, 4.69) is 17.1 Å². The number of esters is 2. The zero-order valence-corrected chi connectivity index (χ0v) is 29.9. The molecule has 50 heavy (non-hydrogen) atoms. The summed E-state index contributed by atoms with van der Waals surface area (Å²) in [5.74, 6) is -1.10.